The molecule has 1 amide bonds. The van der Waals surface area contributed by atoms with Gasteiger partial charge in [-0.15, -0.1) is 0 Å². The Kier molecular flexibility index (Phi) is 3.00. The summed E-state index contributed by atoms with van der Waals surface area (Å²) in [4.78, 5) is 13.0. The summed E-state index contributed by atoms with van der Waals surface area (Å²) >= 11 is 5.49. The van der Waals surface area contributed by atoms with Crippen molar-refractivity contribution in [3.8, 4) is 11.1 Å². The molecule has 6 heteroatoms. The van der Waals surface area contributed by atoms with E-state index in [0.717, 1.165) is 26.2 Å². The highest BCUT2D eigenvalue weighted by Gasteiger charge is 2.35. The molecule has 0 aliphatic carbocycles. The van der Waals surface area contributed by atoms with E-state index in [9.17, 15) is 4.79 Å². The van der Waals surface area contributed by atoms with Gasteiger partial charge in [-0.3, -0.25) is 4.79 Å². The van der Waals surface area contributed by atoms with Gasteiger partial charge in [-0.25, -0.2) is 0 Å². The van der Waals surface area contributed by atoms with Gasteiger partial charge < -0.3 is 11.1 Å². The third-order valence-electron chi connectivity index (χ3n) is 3.45. The van der Waals surface area contributed by atoms with Crippen molar-refractivity contribution in [1.29, 1.82) is 0 Å². The molecule has 0 fully saturated rings. The van der Waals surface area contributed by atoms with E-state index in [2.05, 4.69) is 25.2 Å². The van der Waals surface area contributed by atoms with Crippen molar-refractivity contribution in [2.24, 2.45) is 5.73 Å². The third-order valence-corrected chi connectivity index (χ3v) is 6.80. The van der Waals surface area contributed by atoms with Crippen LogP contribution in [0.25, 0.3) is 11.1 Å². The molecule has 0 radical (unpaired) electrons. The molecule has 0 unspecified atom stereocenters. The van der Waals surface area contributed by atoms with Crippen molar-refractivity contribution in [2.45, 2.75) is 26.3 Å². The van der Waals surface area contributed by atoms with Crippen LogP contribution in [-0.2, 0) is 5.54 Å². The van der Waals surface area contributed by atoms with Crippen LogP contribution in [0.5, 0.6) is 0 Å². The zero-order valence-electron chi connectivity index (χ0n) is 11.4. The number of aryl methyl sites for hydroxylation is 1. The Morgan fingerprint density at radius 1 is 1.35 bits per heavy atom. The minimum absolute atomic E-state index is 0.250. The summed E-state index contributed by atoms with van der Waals surface area (Å²) in [5.41, 5.74) is 9.70. The van der Waals surface area contributed by atoms with Crippen LogP contribution >= 0.6 is 32.9 Å². The molecule has 104 valence electrons. The summed E-state index contributed by atoms with van der Waals surface area (Å²) in [5, 5.41) is 3.45. The normalized spacial score (nSPS) is 15.2. The Bertz CT molecular complexity index is 786. The maximum Gasteiger partial charge on any atom is 0.250 e. The van der Waals surface area contributed by atoms with Gasteiger partial charge in [0.15, 0.2) is 0 Å². The molecule has 0 saturated carbocycles. The standard InChI is InChI=1S/C14H14N2OS3/c1-6-4-7-9-11(19-20-13(9)18)14(2,3)16-10(7)8(5-6)12(15)17/h4-5,16H,1-3H3,(H2,15,17). The van der Waals surface area contributed by atoms with Gasteiger partial charge in [-0.05, 0) is 38.5 Å². The molecule has 3 rings (SSSR count). The molecular weight excluding hydrogens is 308 g/mol. The van der Waals surface area contributed by atoms with E-state index in [-0.39, 0.29) is 5.54 Å². The van der Waals surface area contributed by atoms with Gasteiger partial charge in [0.05, 0.1) is 21.7 Å². The SMILES string of the molecule is Cc1cc(C(N)=O)c2c(c1)-c1c(ssc1=S)C(C)(C)N2. The van der Waals surface area contributed by atoms with Gasteiger partial charge in [-0.1, -0.05) is 32.9 Å². The van der Waals surface area contributed by atoms with Crippen LogP contribution in [0, 0.1) is 10.7 Å². The molecule has 1 aliphatic heterocycles. The first kappa shape index (κ1) is 13.7. The summed E-state index contributed by atoms with van der Waals surface area (Å²) < 4.78 is 0.877. The Hall–Kier alpha value is -1.24. The summed E-state index contributed by atoms with van der Waals surface area (Å²) in [6, 6.07) is 3.90. The lowest BCUT2D eigenvalue weighted by atomic mass is 9.87. The molecule has 3 nitrogen and oxygen atoms in total. The van der Waals surface area contributed by atoms with Crippen LogP contribution in [0.3, 0.4) is 0 Å². The van der Waals surface area contributed by atoms with Crippen LogP contribution in [0.4, 0.5) is 5.69 Å². The number of hydrogen-bond donors (Lipinski definition) is 2. The molecule has 3 N–H and O–H groups in total. The Labute approximate surface area is 129 Å². The fraction of sp³-hybridized carbons (Fsp3) is 0.286. The van der Waals surface area contributed by atoms with Crippen molar-refractivity contribution < 1.29 is 4.79 Å². The maximum absolute atomic E-state index is 11.7. The second kappa shape index (κ2) is 4.38. The number of carbonyl (C=O) groups is 1. The number of rotatable bonds is 1. The van der Waals surface area contributed by atoms with Gasteiger partial charge in [0.1, 0.15) is 3.82 Å². The Balaban J connectivity index is 2.43. The summed E-state index contributed by atoms with van der Waals surface area (Å²) in [7, 11) is 3.31. The monoisotopic (exact) mass is 322 g/mol. The maximum atomic E-state index is 11.7. The summed E-state index contributed by atoms with van der Waals surface area (Å²) in [6.07, 6.45) is 0. The molecule has 20 heavy (non-hydrogen) atoms. The number of carbonyl (C=O) groups excluding carboxylic acids is 1. The van der Waals surface area contributed by atoms with Gasteiger partial charge in [0.2, 0.25) is 0 Å². The average molecular weight is 322 g/mol. The Morgan fingerprint density at radius 3 is 2.70 bits per heavy atom. The van der Waals surface area contributed by atoms with Crippen molar-refractivity contribution in [2.75, 3.05) is 5.32 Å². The van der Waals surface area contributed by atoms with Crippen LogP contribution in [0.1, 0.15) is 34.6 Å². The smallest absolute Gasteiger partial charge is 0.250 e. The zero-order valence-corrected chi connectivity index (χ0v) is 13.8. The molecule has 0 spiro atoms. The van der Waals surface area contributed by atoms with Gasteiger partial charge >= 0.3 is 0 Å². The van der Waals surface area contributed by atoms with Crippen LogP contribution in [0.15, 0.2) is 12.1 Å². The highest BCUT2D eigenvalue weighted by molar-refractivity contribution is 7.80. The molecule has 0 bridgehead atoms. The topological polar surface area (TPSA) is 55.1 Å². The Morgan fingerprint density at radius 2 is 2.05 bits per heavy atom. The van der Waals surface area contributed by atoms with Crippen molar-refractivity contribution in [3.05, 3.63) is 32.0 Å². The molecule has 1 aromatic heterocycles. The van der Waals surface area contributed by atoms with Crippen molar-refractivity contribution >= 4 is 44.5 Å². The molecule has 0 saturated heterocycles. The number of hydrogen-bond acceptors (Lipinski definition) is 5. The summed E-state index contributed by atoms with van der Waals surface area (Å²) in [6.45, 7) is 6.15. The fourth-order valence-electron chi connectivity index (χ4n) is 2.59. The molecular formula is C14H14N2OS3. The minimum Gasteiger partial charge on any atom is -0.374 e. The van der Waals surface area contributed by atoms with E-state index in [1.165, 1.54) is 4.88 Å². The number of nitrogens with one attached hydrogen (secondary N) is 1. The van der Waals surface area contributed by atoms with Crippen molar-refractivity contribution in [3.63, 3.8) is 0 Å². The lowest BCUT2D eigenvalue weighted by molar-refractivity contribution is 0.100. The second-order valence-corrected chi connectivity index (χ2v) is 8.32. The van der Waals surface area contributed by atoms with E-state index in [1.807, 2.05) is 13.0 Å². The average Bonchev–Trinajstić information content (AvgIpc) is 2.73. The number of amides is 1. The lowest BCUT2D eigenvalue weighted by Gasteiger charge is -2.34. The first-order chi connectivity index (χ1) is 9.31. The number of primary amides is 1. The van der Waals surface area contributed by atoms with E-state index in [4.69, 9.17) is 18.0 Å². The predicted octanol–water partition coefficient (Wildman–Crippen LogP) is 4.27. The molecule has 1 aromatic carbocycles. The molecule has 0 atom stereocenters. The van der Waals surface area contributed by atoms with Gasteiger partial charge in [0, 0.05) is 11.1 Å². The van der Waals surface area contributed by atoms with Crippen LogP contribution in [-0.4, -0.2) is 5.91 Å². The lowest BCUT2D eigenvalue weighted by Crippen LogP contribution is -2.32. The number of benzene rings is 1. The van der Waals surface area contributed by atoms with Gasteiger partial charge in [-0.2, -0.15) is 0 Å². The number of nitrogens with two attached hydrogens (primary N) is 1. The highest BCUT2D eigenvalue weighted by atomic mass is 32.9. The van der Waals surface area contributed by atoms with E-state index in [1.54, 1.807) is 20.7 Å². The molecule has 1 aliphatic rings. The van der Waals surface area contributed by atoms with E-state index < -0.39 is 5.91 Å². The van der Waals surface area contributed by atoms with E-state index >= 15 is 0 Å². The minimum atomic E-state index is -0.415. The largest absolute Gasteiger partial charge is 0.374 e. The number of fused-ring (bicyclic) bond motifs is 3. The second-order valence-electron chi connectivity index (χ2n) is 5.51. The first-order valence-corrected chi connectivity index (χ1v) is 8.73. The third kappa shape index (κ3) is 1.90. The fourth-order valence-corrected chi connectivity index (χ4v) is 5.84. The molecule has 2 heterocycles. The van der Waals surface area contributed by atoms with E-state index in [0.29, 0.717) is 5.56 Å². The number of anilines is 1. The summed E-state index contributed by atoms with van der Waals surface area (Å²) in [5.74, 6) is -0.415. The van der Waals surface area contributed by atoms with Crippen molar-refractivity contribution in [1.82, 2.24) is 0 Å². The van der Waals surface area contributed by atoms with Crippen LogP contribution in [0.2, 0.25) is 0 Å². The quantitative estimate of drug-likeness (QED) is 0.609. The predicted molar refractivity (Wildman–Crippen MR) is 88.4 cm³/mol. The van der Waals surface area contributed by atoms with Crippen LogP contribution < -0.4 is 11.1 Å². The zero-order chi connectivity index (χ0) is 14.7. The molecule has 2 aromatic rings. The highest BCUT2D eigenvalue weighted by Crippen LogP contribution is 2.49. The first-order valence-electron chi connectivity index (χ1n) is 6.18. The van der Waals surface area contributed by atoms with Gasteiger partial charge in [0.25, 0.3) is 5.91 Å².